The Morgan fingerprint density at radius 2 is 2.09 bits per heavy atom. The standard InChI is InChI=1S/C16H20N4O3/c1-3-10(2)13(14(21)22)18-16(23)20-9-8-19-12-7-5-4-6-11(12)17-15(19)20/h4-7,10,13H,3,8-9H2,1-2H3,(H,18,23)(H,21,22)/t10-,13+/m1/s1. The first kappa shape index (κ1) is 15.3. The highest BCUT2D eigenvalue weighted by atomic mass is 16.4. The van der Waals surface area contributed by atoms with Crippen LogP contribution < -0.4 is 10.2 Å². The number of nitrogens with zero attached hydrogens (tertiary/aromatic N) is 3. The maximum atomic E-state index is 12.5. The van der Waals surface area contributed by atoms with Gasteiger partial charge in [0.1, 0.15) is 6.04 Å². The van der Waals surface area contributed by atoms with Crippen molar-refractivity contribution in [2.75, 3.05) is 11.4 Å². The first-order valence-electron chi connectivity index (χ1n) is 7.79. The highest BCUT2D eigenvalue weighted by molar-refractivity contribution is 5.95. The molecule has 0 fully saturated rings. The lowest BCUT2D eigenvalue weighted by atomic mass is 9.99. The van der Waals surface area contributed by atoms with Crippen molar-refractivity contribution in [3.63, 3.8) is 0 Å². The van der Waals surface area contributed by atoms with Crippen LogP contribution in [0.1, 0.15) is 20.3 Å². The van der Waals surface area contributed by atoms with Crippen molar-refractivity contribution in [2.24, 2.45) is 5.92 Å². The number of anilines is 1. The van der Waals surface area contributed by atoms with Gasteiger partial charge in [0, 0.05) is 13.1 Å². The topological polar surface area (TPSA) is 87.5 Å². The molecule has 2 aromatic rings. The number of imidazole rings is 1. The summed E-state index contributed by atoms with van der Waals surface area (Å²) in [5.74, 6) is -0.588. The minimum absolute atomic E-state index is 0.141. The molecule has 0 aliphatic carbocycles. The van der Waals surface area contributed by atoms with Crippen molar-refractivity contribution in [1.82, 2.24) is 14.9 Å². The van der Waals surface area contributed by atoms with Gasteiger partial charge in [0.15, 0.2) is 0 Å². The number of carbonyl (C=O) groups is 2. The van der Waals surface area contributed by atoms with Gasteiger partial charge in [-0.1, -0.05) is 32.4 Å². The van der Waals surface area contributed by atoms with E-state index >= 15 is 0 Å². The molecule has 2 heterocycles. The molecule has 122 valence electrons. The lowest BCUT2D eigenvalue weighted by molar-refractivity contribution is -0.140. The number of carbonyl (C=O) groups excluding carboxylic acids is 1. The monoisotopic (exact) mass is 316 g/mol. The number of hydrogen-bond acceptors (Lipinski definition) is 3. The van der Waals surface area contributed by atoms with E-state index in [2.05, 4.69) is 10.3 Å². The van der Waals surface area contributed by atoms with Gasteiger partial charge < -0.3 is 15.0 Å². The zero-order valence-electron chi connectivity index (χ0n) is 13.2. The van der Waals surface area contributed by atoms with Crippen molar-refractivity contribution in [1.29, 1.82) is 0 Å². The van der Waals surface area contributed by atoms with Crippen LogP contribution in [0.2, 0.25) is 0 Å². The zero-order valence-corrected chi connectivity index (χ0v) is 13.2. The van der Waals surface area contributed by atoms with Crippen molar-refractivity contribution in [2.45, 2.75) is 32.9 Å². The number of carboxylic acids is 1. The van der Waals surface area contributed by atoms with Gasteiger partial charge in [0.2, 0.25) is 5.95 Å². The molecule has 0 saturated carbocycles. The van der Waals surface area contributed by atoms with Crippen molar-refractivity contribution in [3.8, 4) is 0 Å². The predicted octanol–water partition coefficient (Wildman–Crippen LogP) is 2.07. The molecule has 2 atom stereocenters. The fraction of sp³-hybridized carbons (Fsp3) is 0.438. The number of fused-ring (bicyclic) bond motifs is 3. The van der Waals surface area contributed by atoms with Gasteiger partial charge in [0.05, 0.1) is 11.0 Å². The summed E-state index contributed by atoms with van der Waals surface area (Å²) in [6.07, 6.45) is 0.676. The van der Waals surface area contributed by atoms with E-state index in [0.29, 0.717) is 25.5 Å². The third-order valence-corrected chi connectivity index (χ3v) is 4.43. The number of hydrogen-bond donors (Lipinski definition) is 2. The molecule has 7 heteroatoms. The highest BCUT2D eigenvalue weighted by Crippen LogP contribution is 2.27. The second-order valence-corrected chi connectivity index (χ2v) is 5.85. The molecule has 0 bridgehead atoms. The maximum Gasteiger partial charge on any atom is 0.326 e. The van der Waals surface area contributed by atoms with Crippen LogP contribution in [-0.4, -0.2) is 39.2 Å². The number of nitrogens with one attached hydrogen (secondary N) is 1. The molecule has 0 spiro atoms. The van der Waals surface area contributed by atoms with E-state index in [4.69, 9.17) is 0 Å². The van der Waals surface area contributed by atoms with Crippen LogP contribution in [0.25, 0.3) is 11.0 Å². The van der Waals surface area contributed by atoms with Gasteiger partial charge in [-0.2, -0.15) is 0 Å². The number of aromatic nitrogens is 2. The van der Waals surface area contributed by atoms with E-state index in [9.17, 15) is 14.7 Å². The Bertz CT molecular complexity index is 755. The number of amides is 2. The Hall–Kier alpha value is -2.57. The molecule has 3 rings (SSSR count). The van der Waals surface area contributed by atoms with Crippen molar-refractivity contribution >= 4 is 29.0 Å². The zero-order chi connectivity index (χ0) is 16.6. The van der Waals surface area contributed by atoms with Crippen LogP contribution in [0.4, 0.5) is 10.7 Å². The lowest BCUT2D eigenvalue weighted by Crippen LogP contribution is -2.50. The fourth-order valence-corrected chi connectivity index (χ4v) is 2.88. The van der Waals surface area contributed by atoms with Crippen LogP contribution in [0.5, 0.6) is 0 Å². The molecule has 0 saturated heterocycles. The molecule has 2 amide bonds. The Labute approximate surface area is 133 Å². The number of aliphatic carboxylic acids is 1. The first-order valence-corrected chi connectivity index (χ1v) is 7.79. The van der Waals surface area contributed by atoms with Crippen LogP contribution in [0, 0.1) is 5.92 Å². The molecule has 1 aliphatic rings. The van der Waals surface area contributed by atoms with E-state index in [1.807, 2.05) is 42.7 Å². The van der Waals surface area contributed by atoms with Crippen LogP contribution in [0.15, 0.2) is 24.3 Å². The van der Waals surface area contributed by atoms with E-state index < -0.39 is 18.0 Å². The van der Waals surface area contributed by atoms with Gasteiger partial charge in [0.25, 0.3) is 0 Å². The Kier molecular flexibility index (Phi) is 3.94. The van der Waals surface area contributed by atoms with E-state index in [1.54, 1.807) is 0 Å². The number of para-hydroxylation sites is 2. The molecule has 1 aliphatic heterocycles. The van der Waals surface area contributed by atoms with Gasteiger partial charge in [-0.15, -0.1) is 0 Å². The number of urea groups is 1. The summed E-state index contributed by atoms with van der Waals surface area (Å²) in [5.41, 5.74) is 1.81. The number of benzene rings is 1. The summed E-state index contributed by atoms with van der Waals surface area (Å²) < 4.78 is 1.98. The van der Waals surface area contributed by atoms with E-state index in [-0.39, 0.29) is 5.92 Å². The molecule has 2 N–H and O–H groups in total. The van der Waals surface area contributed by atoms with Gasteiger partial charge in [-0.25, -0.2) is 14.6 Å². The van der Waals surface area contributed by atoms with Gasteiger partial charge >= 0.3 is 12.0 Å². The second kappa shape index (κ2) is 5.91. The number of rotatable bonds is 4. The second-order valence-electron chi connectivity index (χ2n) is 5.85. The first-order chi connectivity index (χ1) is 11.0. The summed E-state index contributed by atoms with van der Waals surface area (Å²) in [6.45, 7) is 4.87. The minimum Gasteiger partial charge on any atom is -0.480 e. The lowest BCUT2D eigenvalue weighted by Gasteiger charge is -2.23. The third-order valence-electron chi connectivity index (χ3n) is 4.43. The third kappa shape index (κ3) is 2.62. The minimum atomic E-state index is -1.01. The SMILES string of the molecule is CC[C@@H](C)[C@H](NC(=O)N1CCn2c1nc1ccccc12)C(=O)O. The van der Waals surface area contributed by atoms with Gasteiger partial charge in [-0.3, -0.25) is 4.90 Å². The quantitative estimate of drug-likeness (QED) is 0.904. The molecular weight excluding hydrogens is 296 g/mol. The Morgan fingerprint density at radius 1 is 1.35 bits per heavy atom. The molecule has 1 aromatic heterocycles. The molecule has 7 nitrogen and oxygen atoms in total. The van der Waals surface area contributed by atoms with Crippen LogP contribution >= 0.6 is 0 Å². The van der Waals surface area contributed by atoms with Gasteiger partial charge in [-0.05, 0) is 18.1 Å². The van der Waals surface area contributed by atoms with Crippen molar-refractivity contribution < 1.29 is 14.7 Å². The average molecular weight is 316 g/mol. The summed E-state index contributed by atoms with van der Waals surface area (Å²) in [6, 6.07) is 6.39. The van der Waals surface area contributed by atoms with E-state index in [0.717, 1.165) is 11.0 Å². The summed E-state index contributed by atoms with van der Waals surface area (Å²) in [5, 5.41) is 12.0. The van der Waals surface area contributed by atoms with Crippen molar-refractivity contribution in [3.05, 3.63) is 24.3 Å². The molecule has 23 heavy (non-hydrogen) atoms. The highest BCUT2D eigenvalue weighted by Gasteiger charge is 2.32. The Morgan fingerprint density at radius 3 is 2.78 bits per heavy atom. The van der Waals surface area contributed by atoms with Crippen LogP contribution in [0.3, 0.4) is 0 Å². The Balaban J connectivity index is 1.84. The summed E-state index contributed by atoms with van der Waals surface area (Å²) in [7, 11) is 0. The smallest absolute Gasteiger partial charge is 0.326 e. The average Bonchev–Trinajstić information content (AvgIpc) is 3.10. The molecule has 1 aromatic carbocycles. The molecular formula is C16H20N4O3. The maximum absolute atomic E-state index is 12.5. The molecule has 0 unspecified atom stereocenters. The normalized spacial score (nSPS) is 16.2. The van der Waals surface area contributed by atoms with E-state index in [1.165, 1.54) is 4.90 Å². The number of carboxylic acid groups (broad SMARTS) is 1. The predicted molar refractivity (Wildman–Crippen MR) is 86.5 cm³/mol. The summed E-state index contributed by atoms with van der Waals surface area (Å²) >= 11 is 0. The van der Waals surface area contributed by atoms with Crippen LogP contribution in [-0.2, 0) is 11.3 Å². The summed E-state index contributed by atoms with van der Waals surface area (Å²) in [4.78, 5) is 29.9. The fourth-order valence-electron chi connectivity index (χ4n) is 2.88. The molecule has 0 radical (unpaired) electrons. The largest absolute Gasteiger partial charge is 0.480 e.